The Kier molecular flexibility index (Phi) is 7.08. The van der Waals surface area contributed by atoms with Crippen LogP contribution in [0.1, 0.15) is 18.4 Å². The molecule has 158 valence electrons. The summed E-state index contributed by atoms with van der Waals surface area (Å²) in [6.07, 6.45) is -0.269. The Balaban J connectivity index is 1.74. The van der Waals surface area contributed by atoms with Crippen molar-refractivity contribution in [2.75, 3.05) is 33.4 Å². The van der Waals surface area contributed by atoms with E-state index in [2.05, 4.69) is 9.62 Å². The molecule has 0 unspecified atom stereocenters. The molecule has 2 heterocycles. The van der Waals surface area contributed by atoms with Crippen LogP contribution in [0.3, 0.4) is 0 Å². The van der Waals surface area contributed by atoms with Gasteiger partial charge in [0.05, 0.1) is 30.3 Å². The molecule has 0 bridgehead atoms. The molecule has 0 aromatic heterocycles. The summed E-state index contributed by atoms with van der Waals surface area (Å²) in [5, 5.41) is 20.2. The third-order valence-corrected chi connectivity index (χ3v) is 7.05. The molecule has 1 aromatic carbocycles. The second-order valence-corrected chi connectivity index (χ2v) is 9.30. The van der Waals surface area contributed by atoms with Crippen LogP contribution in [0.4, 0.5) is 0 Å². The van der Waals surface area contributed by atoms with Gasteiger partial charge in [0.1, 0.15) is 12.2 Å². The van der Waals surface area contributed by atoms with Gasteiger partial charge in [-0.2, -0.15) is 0 Å². The molecule has 0 amide bonds. The van der Waals surface area contributed by atoms with Crippen molar-refractivity contribution in [2.24, 2.45) is 0 Å². The van der Waals surface area contributed by atoms with Crippen molar-refractivity contribution in [3.05, 3.63) is 29.8 Å². The fourth-order valence-electron chi connectivity index (χ4n) is 4.17. The van der Waals surface area contributed by atoms with Crippen molar-refractivity contribution in [3.63, 3.8) is 0 Å². The number of rotatable bonds is 8. The van der Waals surface area contributed by atoms with Crippen molar-refractivity contribution in [3.8, 4) is 0 Å². The third-order valence-electron chi connectivity index (χ3n) is 5.61. The van der Waals surface area contributed by atoms with Crippen molar-refractivity contribution in [1.82, 2.24) is 9.62 Å². The Labute approximate surface area is 166 Å². The number of aryl methyl sites for hydroxylation is 1. The van der Waals surface area contributed by atoms with E-state index in [1.807, 2.05) is 6.92 Å². The zero-order valence-electron chi connectivity index (χ0n) is 16.3. The first-order chi connectivity index (χ1) is 13.4. The van der Waals surface area contributed by atoms with Crippen LogP contribution in [0.5, 0.6) is 0 Å². The maximum absolute atomic E-state index is 12.6. The van der Waals surface area contributed by atoms with Gasteiger partial charge in [-0.3, -0.25) is 4.90 Å². The molecule has 0 saturated carbocycles. The average molecular weight is 415 g/mol. The van der Waals surface area contributed by atoms with E-state index in [1.165, 1.54) is 0 Å². The van der Waals surface area contributed by atoms with Gasteiger partial charge in [0, 0.05) is 19.7 Å². The number of nitrogens with zero attached hydrogens (tertiary/aromatic N) is 1. The lowest BCUT2D eigenvalue weighted by molar-refractivity contribution is -0.0201. The number of hydrogen-bond acceptors (Lipinski definition) is 7. The molecule has 0 aliphatic carbocycles. The Morgan fingerprint density at radius 1 is 1.29 bits per heavy atom. The van der Waals surface area contributed by atoms with Gasteiger partial charge >= 0.3 is 0 Å². The number of benzene rings is 1. The lowest BCUT2D eigenvalue weighted by Gasteiger charge is -2.34. The van der Waals surface area contributed by atoms with Gasteiger partial charge < -0.3 is 19.7 Å². The molecule has 2 fully saturated rings. The summed E-state index contributed by atoms with van der Waals surface area (Å²) in [6, 6.07) is 6.35. The second-order valence-electron chi connectivity index (χ2n) is 7.53. The minimum Gasteiger partial charge on any atom is -0.394 e. The number of hydrogen-bond donors (Lipinski definition) is 3. The molecule has 8 nitrogen and oxygen atoms in total. The number of likely N-dealkylation sites (tertiary alicyclic amines) is 1. The summed E-state index contributed by atoms with van der Waals surface area (Å²) in [4.78, 5) is 2.32. The Morgan fingerprint density at radius 3 is 2.64 bits per heavy atom. The van der Waals surface area contributed by atoms with E-state index < -0.39 is 34.4 Å². The van der Waals surface area contributed by atoms with Gasteiger partial charge in [0.25, 0.3) is 0 Å². The van der Waals surface area contributed by atoms with Gasteiger partial charge in [-0.25, -0.2) is 13.1 Å². The summed E-state index contributed by atoms with van der Waals surface area (Å²) >= 11 is 0. The monoisotopic (exact) mass is 414 g/mol. The van der Waals surface area contributed by atoms with Gasteiger partial charge in [0.2, 0.25) is 10.0 Å². The molecule has 9 heteroatoms. The van der Waals surface area contributed by atoms with E-state index in [4.69, 9.17) is 9.47 Å². The first kappa shape index (κ1) is 21.6. The summed E-state index contributed by atoms with van der Waals surface area (Å²) < 4.78 is 38.9. The van der Waals surface area contributed by atoms with Crippen LogP contribution in [-0.2, 0) is 19.5 Å². The summed E-state index contributed by atoms with van der Waals surface area (Å²) in [6.45, 7) is 2.91. The molecular weight excluding hydrogens is 384 g/mol. The predicted octanol–water partition coefficient (Wildman–Crippen LogP) is -0.127. The van der Waals surface area contributed by atoms with Gasteiger partial charge in [-0.15, -0.1) is 0 Å². The highest BCUT2D eigenvalue weighted by molar-refractivity contribution is 7.89. The number of ether oxygens (including phenoxy) is 2. The van der Waals surface area contributed by atoms with Crippen LogP contribution in [0.2, 0.25) is 0 Å². The SMILES string of the molecule is COC[C@H]1CCCN1[C@@H]1[C@H](O)[C@H](CO)O[C@H]1CNS(=O)(=O)c1ccc(C)cc1. The molecule has 2 saturated heterocycles. The van der Waals surface area contributed by atoms with Gasteiger partial charge in [-0.05, 0) is 38.4 Å². The summed E-state index contributed by atoms with van der Waals surface area (Å²) in [5.41, 5.74) is 0.977. The van der Waals surface area contributed by atoms with E-state index in [0.717, 1.165) is 24.9 Å². The molecule has 3 N–H and O–H groups in total. The number of aliphatic hydroxyl groups excluding tert-OH is 2. The molecule has 3 rings (SSSR count). The predicted molar refractivity (Wildman–Crippen MR) is 104 cm³/mol. The number of sulfonamides is 1. The van der Waals surface area contributed by atoms with E-state index in [9.17, 15) is 18.6 Å². The van der Waals surface area contributed by atoms with Crippen LogP contribution >= 0.6 is 0 Å². The van der Waals surface area contributed by atoms with Crippen molar-refractivity contribution in [2.45, 2.75) is 55.1 Å². The number of methoxy groups -OCH3 is 1. The zero-order chi connectivity index (χ0) is 20.3. The summed E-state index contributed by atoms with van der Waals surface area (Å²) in [7, 11) is -2.05. The highest BCUT2D eigenvalue weighted by Gasteiger charge is 2.49. The maximum atomic E-state index is 12.6. The van der Waals surface area contributed by atoms with E-state index in [1.54, 1.807) is 31.4 Å². The van der Waals surface area contributed by atoms with Gasteiger partial charge in [0.15, 0.2) is 0 Å². The first-order valence-corrected chi connectivity index (χ1v) is 11.1. The number of aliphatic hydroxyl groups is 2. The van der Waals surface area contributed by atoms with Crippen molar-refractivity contribution >= 4 is 10.0 Å². The van der Waals surface area contributed by atoms with Crippen LogP contribution in [0, 0.1) is 6.92 Å². The minimum atomic E-state index is -3.69. The third kappa shape index (κ3) is 4.56. The Morgan fingerprint density at radius 2 is 2.00 bits per heavy atom. The zero-order valence-corrected chi connectivity index (χ0v) is 17.1. The quantitative estimate of drug-likeness (QED) is 0.544. The van der Waals surface area contributed by atoms with Gasteiger partial charge in [-0.1, -0.05) is 17.7 Å². The highest BCUT2D eigenvalue weighted by atomic mass is 32.2. The minimum absolute atomic E-state index is 0.0185. The molecule has 1 aromatic rings. The topological polar surface area (TPSA) is 108 Å². The molecule has 2 aliphatic rings. The molecule has 28 heavy (non-hydrogen) atoms. The standard InChI is InChI=1S/C19H30N2O6S/c1-13-5-7-15(8-6-13)28(24,25)20-10-16-18(19(23)17(11-22)27-16)21-9-3-4-14(21)12-26-2/h5-8,14,16-20,22-23H,3-4,9-12H2,1-2H3/t14-,16+,17+,18+,19-/m1/s1. The summed E-state index contributed by atoms with van der Waals surface area (Å²) in [5.74, 6) is 0. The highest BCUT2D eigenvalue weighted by Crippen LogP contribution is 2.31. The number of nitrogens with one attached hydrogen (secondary N) is 1. The Hall–Kier alpha value is -1.07. The smallest absolute Gasteiger partial charge is 0.240 e. The van der Waals surface area contributed by atoms with Crippen LogP contribution in [0.25, 0.3) is 0 Å². The molecule has 0 spiro atoms. The van der Waals surface area contributed by atoms with E-state index in [0.29, 0.717) is 6.61 Å². The normalized spacial score (nSPS) is 31.5. The maximum Gasteiger partial charge on any atom is 0.240 e. The fourth-order valence-corrected chi connectivity index (χ4v) is 5.21. The molecule has 5 atom stereocenters. The largest absolute Gasteiger partial charge is 0.394 e. The lowest BCUT2D eigenvalue weighted by atomic mass is 10.0. The van der Waals surface area contributed by atoms with Crippen molar-refractivity contribution < 1.29 is 28.1 Å². The lowest BCUT2D eigenvalue weighted by Crippen LogP contribution is -2.53. The first-order valence-electron chi connectivity index (χ1n) is 9.62. The van der Waals surface area contributed by atoms with Crippen LogP contribution < -0.4 is 4.72 Å². The molecule has 0 radical (unpaired) electrons. The second kappa shape index (κ2) is 9.17. The molecular formula is C19H30N2O6S. The van der Waals surface area contributed by atoms with Crippen LogP contribution in [-0.4, -0.2) is 87.3 Å². The van der Waals surface area contributed by atoms with Crippen molar-refractivity contribution in [1.29, 1.82) is 0 Å². The van der Waals surface area contributed by atoms with Crippen LogP contribution in [0.15, 0.2) is 29.2 Å². The van der Waals surface area contributed by atoms with E-state index >= 15 is 0 Å². The Bertz CT molecular complexity index is 741. The van der Waals surface area contributed by atoms with E-state index in [-0.39, 0.29) is 24.1 Å². The average Bonchev–Trinajstić information content (AvgIpc) is 3.24. The molecule has 2 aliphatic heterocycles. The fraction of sp³-hybridized carbons (Fsp3) is 0.684.